The number of hydrogen-bond donors (Lipinski definition) is 1. The van der Waals surface area contributed by atoms with Gasteiger partial charge in [-0.25, -0.2) is 19.7 Å². The highest BCUT2D eigenvalue weighted by atomic mass is 19.1. The number of nitrogens with one attached hydrogen (secondary N) is 1. The van der Waals surface area contributed by atoms with E-state index in [9.17, 15) is 9.18 Å². The molecular formula is C13H18FN3O2. The number of rotatable bonds is 3. The molecule has 6 heteroatoms. The maximum Gasteiger partial charge on any atom is 0.246 e. The van der Waals surface area contributed by atoms with Gasteiger partial charge >= 0.3 is 0 Å². The second-order valence-corrected chi connectivity index (χ2v) is 5.30. The molecule has 19 heavy (non-hydrogen) atoms. The van der Waals surface area contributed by atoms with Crippen molar-refractivity contribution in [3.05, 3.63) is 12.2 Å². The molecule has 5 nitrogen and oxygen atoms in total. The largest absolute Gasteiger partial charge is 0.339 e. The minimum absolute atomic E-state index is 0.0247. The Hall–Kier alpha value is -1.43. The van der Waals surface area contributed by atoms with Crippen molar-refractivity contribution < 1.29 is 14.0 Å². The third-order valence-electron chi connectivity index (χ3n) is 3.92. The second kappa shape index (κ2) is 4.92. The molecule has 0 radical (unpaired) electrons. The van der Waals surface area contributed by atoms with Crippen LogP contribution in [0.2, 0.25) is 0 Å². The summed E-state index contributed by atoms with van der Waals surface area (Å²) in [6.45, 7) is 1.63. The Morgan fingerprint density at radius 3 is 2.79 bits per heavy atom. The zero-order chi connectivity index (χ0) is 13.3. The van der Waals surface area contributed by atoms with Gasteiger partial charge in [0.2, 0.25) is 5.91 Å². The molecule has 104 valence electrons. The van der Waals surface area contributed by atoms with Gasteiger partial charge in [0.05, 0.1) is 0 Å². The maximum absolute atomic E-state index is 14.1. The molecule has 2 aliphatic heterocycles. The first-order valence-electron chi connectivity index (χ1n) is 6.83. The molecule has 1 N–H and O–H groups in total. The predicted octanol–water partition coefficient (Wildman–Crippen LogP) is 1.32. The SMILES string of the molecule is O=C(/C=C/C1N=C(C2(F)CCC2)NO1)N1CCCC1. The van der Waals surface area contributed by atoms with Crippen LogP contribution in [0.5, 0.6) is 0 Å². The molecule has 0 aromatic rings. The van der Waals surface area contributed by atoms with Crippen LogP contribution in [-0.2, 0) is 9.63 Å². The highest BCUT2D eigenvalue weighted by Gasteiger charge is 2.44. The van der Waals surface area contributed by atoms with Crippen LogP contribution in [0.3, 0.4) is 0 Å². The number of hydroxylamine groups is 1. The zero-order valence-corrected chi connectivity index (χ0v) is 10.8. The van der Waals surface area contributed by atoms with E-state index in [1.54, 1.807) is 11.0 Å². The molecule has 3 rings (SSSR count). The Balaban J connectivity index is 1.57. The summed E-state index contributed by atoms with van der Waals surface area (Å²) in [6, 6.07) is 0. The van der Waals surface area contributed by atoms with Crippen LogP contribution in [0.4, 0.5) is 4.39 Å². The number of carbonyl (C=O) groups is 1. The number of carbonyl (C=O) groups excluding carboxylic acids is 1. The fraction of sp³-hybridized carbons (Fsp3) is 0.692. The molecule has 1 aliphatic carbocycles. The summed E-state index contributed by atoms with van der Waals surface area (Å²) in [5, 5.41) is 0. The molecule has 0 aromatic heterocycles. The van der Waals surface area contributed by atoms with Crippen molar-refractivity contribution in [2.24, 2.45) is 4.99 Å². The van der Waals surface area contributed by atoms with Gasteiger partial charge < -0.3 is 4.90 Å². The Bertz CT molecular complexity index is 426. The molecule has 2 fully saturated rings. The summed E-state index contributed by atoms with van der Waals surface area (Å²) >= 11 is 0. The number of aliphatic imine (C=N–C) groups is 1. The highest BCUT2D eigenvalue weighted by molar-refractivity contribution is 5.92. The molecule has 1 saturated carbocycles. The van der Waals surface area contributed by atoms with Crippen LogP contribution in [0.1, 0.15) is 32.1 Å². The van der Waals surface area contributed by atoms with Crippen LogP contribution in [0.25, 0.3) is 0 Å². The lowest BCUT2D eigenvalue weighted by molar-refractivity contribution is -0.125. The van der Waals surface area contributed by atoms with E-state index in [0.29, 0.717) is 12.8 Å². The summed E-state index contributed by atoms with van der Waals surface area (Å²) in [5.74, 6) is 0.241. The van der Waals surface area contributed by atoms with Gasteiger partial charge in [-0.3, -0.25) is 4.79 Å². The quantitative estimate of drug-likeness (QED) is 0.785. The molecule has 0 aromatic carbocycles. The normalized spacial score (nSPS) is 29.2. The lowest BCUT2D eigenvalue weighted by atomic mass is 9.81. The highest BCUT2D eigenvalue weighted by Crippen LogP contribution is 2.37. The van der Waals surface area contributed by atoms with Crippen LogP contribution in [0, 0.1) is 0 Å². The van der Waals surface area contributed by atoms with Crippen molar-refractivity contribution in [3.8, 4) is 0 Å². The average molecular weight is 267 g/mol. The number of nitrogens with zero attached hydrogens (tertiary/aromatic N) is 2. The molecule has 1 unspecified atom stereocenters. The molecular weight excluding hydrogens is 249 g/mol. The third-order valence-corrected chi connectivity index (χ3v) is 3.92. The van der Waals surface area contributed by atoms with Crippen LogP contribution >= 0.6 is 0 Å². The smallest absolute Gasteiger partial charge is 0.246 e. The van der Waals surface area contributed by atoms with Crippen molar-refractivity contribution >= 4 is 11.7 Å². The first-order valence-corrected chi connectivity index (χ1v) is 6.83. The zero-order valence-electron chi connectivity index (χ0n) is 10.8. The summed E-state index contributed by atoms with van der Waals surface area (Å²) < 4.78 is 14.1. The Morgan fingerprint density at radius 1 is 1.42 bits per heavy atom. The monoisotopic (exact) mass is 267 g/mol. The van der Waals surface area contributed by atoms with Gasteiger partial charge in [0, 0.05) is 19.2 Å². The molecule has 2 heterocycles. The van der Waals surface area contributed by atoms with Crippen molar-refractivity contribution in [3.63, 3.8) is 0 Å². The first kappa shape index (κ1) is 12.6. The van der Waals surface area contributed by atoms with E-state index < -0.39 is 11.9 Å². The maximum atomic E-state index is 14.1. The van der Waals surface area contributed by atoms with Crippen LogP contribution in [0.15, 0.2) is 17.1 Å². The Morgan fingerprint density at radius 2 is 2.16 bits per heavy atom. The average Bonchev–Trinajstić information content (AvgIpc) is 3.04. The number of alkyl halides is 1. The van der Waals surface area contributed by atoms with E-state index in [0.717, 1.165) is 32.4 Å². The minimum atomic E-state index is -1.35. The third kappa shape index (κ3) is 2.49. The van der Waals surface area contributed by atoms with Gasteiger partial charge in [-0.1, -0.05) is 0 Å². The van der Waals surface area contributed by atoms with Gasteiger partial charge in [-0.2, -0.15) is 0 Å². The van der Waals surface area contributed by atoms with E-state index in [-0.39, 0.29) is 11.7 Å². The van der Waals surface area contributed by atoms with E-state index in [2.05, 4.69) is 10.5 Å². The van der Waals surface area contributed by atoms with Gasteiger partial charge in [0.25, 0.3) is 0 Å². The lowest BCUT2D eigenvalue weighted by Gasteiger charge is -2.32. The van der Waals surface area contributed by atoms with Gasteiger partial charge in [-0.15, -0.1) is 0 Å². The first-order chi connectivity index (χ1) is 9.17. The van der Waals surface area contributed by atoms with E-state index in [4.69, 9.17) is 4.84 Å². The minimum Gasteiger partial charge on any atom is -0.339 e. The topological polar surface area (TPSA) is 53.9 Å². The number of hydrogen-bond acceptors (Lipinski definition) is 4. The van der Waals surface area contributed by atoms with Crippen molar-refractivity contribution in [1.29, 1.82) is 0 Å². The number of halogens is 1. The summed E-state index contributed by atoms with van der Waals surface area (Å²) in [5.41, 5.74) is 1.20. The van der Waals surface area contributed by atoms with E-state index in [1.165, 1.54) is 6.08 Å². The molecule has 3 aliphatic rings. The number of likely N-dealkylation sites (tertiary alicyclic amines) is 1. The standard InChI is InChI=1S/C13H18FN3O2/c14-13(6-3-7-13)12-15-10(19-16-12)4-5-11(18)17-8-1-2-9-17/h4-5,10H,1-3,6-9H2,(H,15,16)/b5-4+. The number of amidine groups is 1. The second-order valence-electron chi connectivity index (χ2n) is 5.30. The van der Waals surface area contributed by atoms with Crippen LogP contribution in [-0.4, -0.2) is 41.6 Å². The van der Waals surface area contributed by atoms with Crippen LogP contribution < -0.4 is 5.48 Å². The number of amides is 1. The van der Waals surface area contributed by atoms with E-state index in [1.807, 2.05) is 0 Å². The summed E-state index contributed by atoms with van der Waals surface area (Å²) in [4.78, 5) is 22.9. The summed E-state index contributed by atoms with van der Waals surface area (Å²) in [7, 11) is 0. The fourth-order valence-electron chi connectivity index (χ4n) is 2.52. The molecule has 1 saturated heterocycles. The van der Waals surface area contributed by atoms with Gasteiger partial charge in [0.15, 0.2) is 17.7 Å². The van der Waals surface area contributed by atoms with Gasteiger partial charge in [-0.05, 0) is 38.2 Å². The van der Waals surface area contributed by atoms with Crippen molar-refractivity contribution in [2.75, 3.05) is 13.1 Å². The molecule has 1 amide bonds. The Kier molecular flexibility index (Phi) is 3.26. The molecule has 0 spiro atoms. The molecule has 1 atom stereocenters. The van der Waals surface area contributed by atoms with Crippen molar-refractivity contribution in [2.45, 2.75) is 44.0 Å². The predicted molar refractivity (Wildman–Crippen MR) is 68.1 cm³/mol. The Labute approximate surface area is 111 Å². The van der Waals surface area contributed by atoms with Crippen molar-refractivity contribution in [1.82, 2.24) is 10.4 Å². The summed E-state index contributed by atoms with van der Waals surface area (Å²) in [6.07, 6.45) is 6.43. The van der Waals surface area contributed by atoms with Gasteiger partial charge in [0.1, 0.15) is 0 Å². The van der Waals surface area contributed by atoms with E-state index >= 15 is 0 Å². The molecule has 0 bridgehead atoms. The fourth-order valence-corrected chi connectivity index (χ4v) is 2.52. The lowest BCUT2D eigenvalue weighted by Crippen LogP contribution is -2.45.